The summed E-state index contributed by atoms with van der Waals surface area (Å²) in [6, 6.07) is 5.94. The molecular formula is C15H20N2O4. The number of carboxylic acid groups (broad SMARTS) is 1. The van der Waals surface area contributed by atoms with E-state index >= 15 is 0 Å². The topological polar surface area (TPSA) is 89.9 Å². The fourth-order valence-electron chi connectivity index (χ4n) is 2.42. The maximum absolute atomic E-state index is 12.1. The average molecular weight is 292 g/mol. The summed E-state index contributed by atoms with van der Waals surface area (Å²) in [4.78, 5) is 24.4. The summed E-state index contributed by atoms with van der Waals surface area (Å²) in [6.45, 7) is 4.19. The van der Waals surface area contributed by atoms with E-state index in [1.807, 2.05) is 12.1 Å². The number of aliphatic carboxylic acids is 1. The Morgan fingerprint density at radius 2 is 1.90 bits per heavy atom. The largest absolute Gasteiger partial charge is 0.480 e. The zero-order valence-corrected chi connectivity index (χ0v) is 12.1. The molecule has 0 saturated carbocycles. The van der Waals surface area contributed by atoms with Gasteiger partial charge in [-0.15, -0.1) is 0 Å². The number of nitrogens with zero attached hydrogens (tertiary/aromatic N) is 1. The van der Waals surface area contributed by atoms with E-state index in [-0.39, 0.29) is 13.0 Å². The third-order valence-corrected chi connectivity index (χ3v) is 3.65. The Labute approximate surface area is 123 Å². The van der Waals surface area contributed by atoms with Crippen molar-refractivity contribution in [2.45, 2.75) is 38.3 Å². The SMILES string of the molecule is CC(C)c1ccc(NC(=O)N2C[C@H](O)C[C@H]2C(=O)O)cc1. The third-order valence-electron chi connectivity index (χ3n) is 3.65. The van der Waals surface area contributed by atoms with Crippen molar-refractivity contribution in [3.63, 3.8) is 0 Å². The van der Waals surface area contributed by atoms with Gasteiger partial charge in [0.1, 0.15) is 6.04 Å². The van der Waals surface area contributed by atoms with Gasteiger partial charge in [-0.3, -0.25) is 0 Å². The van der Waals surface area contributed by atoms with Gasteiger partial charge in [0.15, 0.2) is 0 Å². The van der Waals surface area contributed by atoms with Gasteiger partial charge in [0.2, 0.25) is 0 Å². The van der Waals surface area contributed by atoms with E-state index in [2.05, 4.69) is 19.2 Å². The van der Waals surface area contributed by atoms with E-state index in [1.54, 1.807) is 12.1 Å². The number of carbonyl (C=O) groups is 2. The lowest BCUT2D eigenvalue weighted by Gasteiger charge is -2.21. The van der Waals surface area contributed by atoms with Crippen LogP contribution in [0.15, 0.2) is 24.3 Å². The molecule has 1 aromatic carbocycles. The van der Waals surface area contributed by atoms with Crippen molar-refractivity contribution in [1.29, 1.82) is 0 Å². The minimum Gasteiger partial charge on any atom is -0.480 e. The fraction of sp³-hybridized carbons (Fsp3) is 0.467. The summed E-state index contributed by atoms with van der Waals surface area (Å²) in [7, 11) is 0. The molecule has 3 N–H and O–H groups in total. The standard InChI is InChI=1S/C15H20N2O4/c1-9(2)10-3-5-11(6-4-10)16-15(21)17-8-12(18)7-13(17)14(19)20/h3-6,9,12-13,18H,7-8H2,1-2H3,(H,16,21)(H,19,20)/t12-,13+/m1/s1. The van der Waals surface area contributed by atoms with Crippen molar-refractivity contribution >= 4 is 17.7 Å². The van der Waals surface area contributed by atoms with Crippen LogP contribution in [-0.4, -0.2) is 45.8 Å². The molecule has 21 heavy (non-hydrogen) atoms. The number of urea groups is 1. The molecule has 114 valence electrons. The molecule has 6 heteroatoms. The maximum Gasteiger partial charge on any atom is 0.326 e. The van der Waals surface area contributed by atoms with Gasteiger partial charge in [0.25, 0.3) is 0 Å². The molecule has 1 aromatic rings. The predicted molar refractivity (Wildman–Crippen MR) is 78.3 cm³/mol. The third kappa shape index (κ3) is 3.52. The van der Waals surface area contributed by atoms with Crippen LogP contribution in [0.25, 0.3) is 0 Å². The average Bonchev–Trinajstić information content (AvgIpc) is 2.82. The van der Waals surface area contributed by atoms with Gasteiger partial charge in [0, 0.05) is 18.7 Å². The molecule has 0 spiro atoms. The highest BCUT2D eigenvalue weighted by Gasteiger charge is 2.38. The Kier molecular flexibility index (Phi) is 4.47. The lowest BCUT2D eigenvalue weighted by atomic mass is 10.0. The first-order chi connectivity index (χ1) is 9.88. The molecule has 6 nitrogen and oxygen atoms in total. The van der Waals surface area contributed by atoms with Gasteiger partial charge in [-0.25, -0.2) is 9.59 Å². The van der Waals surface area contributed by atoms with Crippen LogP contribution in [0.5, 0.6) is 0 Å². The summed E-state index contributed by atoms with van der Waals surface area (Å²) in [5, 5.41) is 21.3. The van der Waals surface area contributed by atoms with Crippen LogP contribution in [0.3, 0.4) is 0 Å². The molecule has 0 aliphatic carbocycles. The summed E-state index contributed by atoms with van der Waals surface area (Å²) < 4.78 is 0. The molecule has 1 aliphatic heterocycles. The molecule has 2 amide bonds. The normalized spacial score (nSPS) is 21.6. The highest BCUT2D eigenvalue weighted by atomic mass is 16.4. The molecule has 1 saturated heterocycles. The minimum absolute atomic E-state index is 0.0346. The monoisotopic (exact) mass is 292 g/mol. The number of carbonyl (C=O) groups excluding carboxylic acids is 1. The van der Waals surface area contributed by atoms with Gasteiger partial charge in [-0.2, -0.15) is 0 Å². The van der Waals surface area contributed by atoms with Crippen LogP contribution in [0.1, 0.15) is 31.7 Å². The first kappa shape index (κ1) is 15.3. The van der Waals surface area contributed by atoms with Crippen LogP contribution in [0.4, 0.5) is 10.5 Å². The Hall–Kier alpha value is -2.08. The van der Waals surface area contributed by atoms with Gasteiger partial charge in [-0.05, 0) is 23.6 Å². The second-order valence-electron chi connectivity index (χ2n) is 5.60. The van der Waals surface area contributed by atoms with Crippen LogP contribution < -0.4 is 5.32 Å². The predicted octanol–water partition coefficient (Wildman–Crippen LogP) is 1.86. The van der Waals surface area contributed by atoms with E-state index in [1.165, 1.54) is 0 Å². The van der Waals surface area contributed by atoms with E-state index < -0.39 is 24.1 Å². The molecule has 1 heterocycles. The molecule has 0 radical (unpaired) electrons. The number of hydrogen-bond donors (Lipinski definition) is 3. The minimum atomic E-state index is -1.10. The van der Waals surface area contributed by atoms with Crippen molar-refractivity contribution in [3.8, 4) is 0 Å². The number of hydrogen-bond acceptors (Lipinski definition) is 3. The van der Waals surface area contributed by atoms with Crippen molar-refractivity contribution in [2.75, 3.05) is 11.9 Å². The van der Waals surface area contributed by atoms with Gasteiger partial charge in [-0.1, -0.05) is 26.0 Å². The smallest absolute Gasteiger partial charge is 0.326 e. The number of aliphatic hydroxyl groups excluding tert-OH is 1. The molecule has 2 atom stereocenters. The Morgan fingerprint density at radius 3 is 2.43 bits per heavy atom. The Morgan fingerprint density at radius 1 is 1.29 bits per heavy atom. The number of nitrogens with one attached hydrogen (secondary N) is 1. The number of amides is 2. The number of anilines is 1. The van der Waals surface area contributed by atoms with Crippen molar-refractivity contribution in [2.24, 2.45) is 0 Å². The molecule has 2 rings (SSSR count). The van der Waals surface area contributed by atoms with E-state index in [0.29, 0.717) is 11.6 Å². The number of likely N-dealkylation sites (tertiary alicyclic amines) is 1. The molecule has 1 fully saturated rings. The number of aliphatic hydroxyl groups is 1. The van der Waals surface area contributed by atoms with Crippen molar-refractivity contribution in [3.05, 3.63) is 29.8 Å². The Balaban J connectivity index is 2.05. The Bertz CT molecular complexity index is 527. The summed E-state index contributed by atoms with van der Waals surface area (Å²) in [6.07, 6.45) is -0.727. The molecule has 0 bridgehead atoms. The molecule has 0 aromatic heterocycles. The summed E-state index contributed by atoms with van der Waals surface area (Å²) >= 11 is 0. The fourth-order valence-corrected chi connectivity index (χ4v) is 2.42. The molecule has 1 aliphatic rings. The van der Waals surface area contributed by atoms with Crippen LogP contribution >= 0.6 is 0 Å². The number of carboxylic acids is 1. The van der Waals surface area contributed by atoms with Crippen molar-refractivity contribution < 1.29 is 19.8 Å². The molecule has 0 unspecified atom stereocenters. The second kappa shape index (κ2) is 6.13. The van der Waals surface area contributed by atoms with E-state index in [0.717, 1.165) is 10.5 Å². The van der Waals surface area contributed by atoms with Crippen LogP contribution in [0, 0.1) is 0 Å². The van der Waals surface area contributed by atoms with E-state index in [9.17, 15) is 14.7 Å². The number of β-amino-alcohol motifs (C(OH)–C–C–N with tert-alkyl or cyclic N) is 1. The van der Waals surface area contributed by atoms with Gasteiger partial charge in [0.05, 0.1) is 6.10 Å². The first-order valence-corrected chi connectivity index (χ1v) is 6.97. The highest BCUT2D eigenvalue weighted by molar-refractivity contribution is 5.92. The van der Waals surface area contributed by atoms with Gasteiger partial charge < -0.3 is 20.4 Å². The maximum atomic E-state index is 12.1. The summed E-state index contributed by atoms with van der Waals surface area (Å²) in [5.74, 6) is -0.697. The highest BCUT2D eigenvalue weighted by Crippen LogP contribution is 2.21. The van der Waals surface area contributed by atoms with E-state index in [4.69, 9.17) is 5.11 Å². The zero-order valence-electron chi connectivity index (χ0n) is 12.1. The lowest BCUT2D eigenvalue weighted by molar-refractivity contribution is -0.141. The van der Waals surface area contributed by atoms with Crippen molar-refractivity contribution in [1.82, 2.24) is 4.90 Å². The molecular weight excluding hydrogens is 272 g/mol. The summed E-state index contributed by atoms with van der Waals surface area (Å²) in [5.41, 5.74) is 1.77. The zero-order chi connectivity index (χ0) is 15.6. The van der Waals surface area contributed by atoms with Crippen LogP contribution in [0.2, 0.25) is 0 Å². The lowest BCUT2D eigenvalue weighted by Crippen LogP contribution is -2.43. The number of benzene rings is 1. The first-order valence-electron chi connectivity index (χ1n) is 6.97. The second-order valence-corrected chi connectivity index (χ2v) is 5.60. The van der Waals surface area contributed by atoms with Crippen LogP contribution in [-0.2, 0) is 4.79 Å². The number of rotatable bonds is 3. The quantitative estimate of drug-likeness (QED) is 0.793. The van der Waals surface area contributed by atoms with Gasteiger partial charge >= 0.3 is 12.0 Å².